The van der Waals surface area contributed by atoms with Crippen molar-refractivity contribution in [2.75, 3.05) is 17.2 Å². The molecule has 0 saturated carbocycles. The number of nitrogens with zero attached hydrogens (tertiary/aromatic N) is 4. The Kier molecular flexibility index (Phi) is 6.52. The highest BCUT2D eigenvalue weighted by atomic mass is 35.5. The number of rotatable bonds is 6. The third-order valence-corrected chi connectivity index (χ3v) is 5.96. The Morgan fingerprint density at radius 2 is 1.91 bits per heavy atom. The Labute approximate surface area is 203 Å². The highest BCUT2D eigenvalue weighted by molar-refractivity contribution is 6.35. The van der Waals surface area contributed by atoms with Gasteiger partial charge in [0.1, 0.15) is 6.04 Å². The van der Waals surface area contributed by atoms with Crippen LogP contribution in [-0.2, 0) is 0 Å². The van der Waals surface area contributed by atoms with Crippen LogP contribution in [0.4, 0.5) is 20.3 Å². The second-order valence-corrected chi connectivity index (χ2v) is 8.27. The minimum absolute atomic E-state index is 0.0301. The summed E-state index contributed by atoms with van der Waals surface area (Å²) in [7, 11) is 0. The lowest BCUT2D eigenvalue weighted by Crippen LogP contribution is -2.47. The van der Waals surface area contributed by atoms with E-state index in [2.05, 4.69) is 16.0 Å². The average Bonchev–Trinajstić information content (AvgIpc) is 2.76. The molecule has 174 valence electrons. The molecular weight excluding hydrogens is 487 g/mol. The predicted molar refractivity (Wildman–Crippen MR) is 124 cm³/mol. The summed E-state index contributed by atoms with van der Waals surface area (Å²) in [6, 6.07) is 4.90. The maximum absolute atomic E-state index is 14.7. The lowest BCUT2D eigenvalue weighted by molar-refractivity contribution is 0.204. The van der Waals surface area contributed by atoms with Gasteiger partial charge in [0.25, 0.3) is 0 Å². The SMILES string of the molecule is N#CC1CCN1c1ncc(C(=N)c2cc(O[C@H](N)c3c(Cl)cncc3Cl)c(F)cc2N)cc1F. The van der Waals surface area contributed by atoms with E-state index in [0.717, 1.165) is 12.1 Å². The Bertz CT molecular complexity index is 1310. The van der Waals surface area contributed by atoms with Crippen LogP contribution in [0.15, 0.2) is 36.8 Å². The summed E-state index contributed by atoms with van der Waals surface area (Å²) in [6.45, 7) is 0.510. The van der Waals surface area contributed by atoms with E-state index in [-0.39, 0.29) is 49.7 Å². The number of benzene rings is 1. The van der Waals surface area contributed by atoms with Crippen molar-refractivity contribution >= 4 is 40.4 Å². The van der Waals surface area contributed by atoms with Gasteiger partial charge in [-0.15, -0.1) is 0 Å². The number of hydrogen-bond acceptors (Lipinski definition) is 8. The molecule has 0 spiro atoms. The first-order valence-electron chi connectivity index (χ1n) is 9.92. The van der Waals surface area contributed by atoms with Crippen LogP contribution >= 0.6 is 23.2 Å². The zero-order valence-electron chi connectivity index (χ0n) is 17.4. The van der Waals surface area contributed by atoms with E-state index >= 15 is 0 Å². The summed E-state index contributed by atoms with van der Waals surface area (Å²) in [5.74, 6) is -1.80. The number of pyridine rings is 2. The minimum Gasteiger partial charge on any atom is -0.468 e. The molecule has 0 aliphatic carbocycles. The summed E-state index contributed by atoms with van der Waals surface area (Å²) >= 11 is 12.2. The van der Waals surface area contributed by atoms with Crippen molar-refractivity contribution in [2.45, 2.75) is 18.7 Å². The molecule has 1 fully saturated rings. The molecule has 2 atom stereocenters. The third-order valence-electron chi connectivity index (χ3n) is 5.35. The van der Waals surface area contributed by atoms with Gasteiger partial charge in [-0.05, 0) is 18.6 Å². The fourth-order valence-electron chi connectivity index (χ4n) is 3.47. The lowest BCUT2D eigenvalue weighted by Gasteiger charge is -2.37. The first-order chi connectivity index (χ1) is 16.2. The number of anilines is 2. The quantitative estimate of drug-likeness (QED) is 0.260. The fourth-order valence-corrected chi connectivity index (χ4v) is 4.05. The summed E-state index contributed by atoms with van der Waals surface area (Å²) in [5, 5.41) is 17.8. The normalized spacial score (nSPS) is 15.9. The second-order valence-electron chi connectivity index (χ2n) is 7.46. The van der Waals surface area contributed by atoms with E-state index in [9.17, 15) is 8.78 Å². The summed E-state index contributed by atoms with van der Waals surface area (Å²) in [4.78, 5) is 9.45. The van der Waals surface area contributed by atoms with Crippen LogP contribution in [0.25, 0.3) is 0 Å². The van der Waals surface area contributed by atoms with Gasteiger partial charge in [0, 0.05) is 53.6 Å². The van der Waals surface area contributed by atoms with Crippen LogP contribution in [0.2, 0.25) is 10.0 Å². The van der Waals surface area contributed by atoms with Gasteiger partial charge >= 0.3 is 0 Å². The molecule has 0 radical (unpaired) electrons. The topological polar surface area (TPSA) is 138 Å². The molecule has 5 N–H and O–H groups in total. The lowest BCUT2D eigenvalue weighted by atomic mass is 10.0. The number of halogens is 4. The first kappa shape index (κ1) is 23.6. The molecule has 1 aliphatic rings. The molecule has 1 aromatic carbocycles. The molecule has 1 aliphatic heterocycles. The number of hydrogen-bond donors (Lipinski definition) is 3. The largest absolute Gasteiger partial charge is 0.468 e. The zero-order chi connectivity index (χ0) is 24.6. The minimum atomic E-state index is -1.24. The van der Waals surface area contributed by atoms with Crippen LogP contribution in [0.5, 0.6) is 5.75 Å². The molecule has 2 aromatic heterocycles. The number of nitriles is 1. The smallest absolute Gasteiger partial charge is 0.177 e. The summed E-state index contributed by atoms with van der Waals surface area (Å²) < 4.78 is 34.8. The van der Waals surface area contributed by atoms with Gasteiger partial charge in [-0.2, -0.15) is 5.26 Å². The average molecular weight is 504 g/mol. The second kappa shape index (κ2) is 9.38. The van der Waals surface area contributed by atoms with Gasteiger partial charge in [0.05, 0.1) is 21.8 Å². The van der Waals surface area contributed by atoms with Crippen LogP contribution in [-0.4, -0.2) is 28.3 Å². The highest BCUT2D eigenvalue weighted by Gasteiger charge is 2.31. The van der Waals surface area contributed by atoms with E-state index < -0.39 is 23.9 Å². The number of nitrogens with one attached hydrogen (secondary N) is 1. The zero-order valence-corrected chi connectivity index (χ0v) is 18.9. The molecule has 34 heavy (non-hydrogen) atoms. The molecule has 8 nitrogen and oxygen atoms in total. The van der Waals surface area contributed by atoms with Gasteiger partial charge in [-0.1, -0.05) is 23.2 Å². The molecule has 0 amide bonds. The van der Waals surface area contributed by atoms with Crippen LogP contribution < -0.4 is 21.1 Å². The molecule has 3 heterocycles. The monoisotopic (exact) mass is 503 g/mol. The predicted octanol–water partition coefficient (Wildman–Crippen LogP) is 4.20. The van der Waals surface area contributed by atoms with Gasteiger partial charge in [0.2, 0.25) is 0 Å². The van der Waals surface area contributed by atoms with Crippen molar-refractivity contribution in [1.29, 1.82) is 10.7 Å². The van der Waals surface area contributed by atoms with Crippen molar-refractivity contribution in [2.24, 2.45) is 5.73 Å². The van der Waals surface area contributed by atoms with Crippen molar-refractivity contribution in [3.8, 4) is 11.8 Å². The van der Waals surface area contributed by atoms with Crippen molar-refractivity contribution in [1.82, 2.24) is 9.97 Å². The molecule has 0 bridgehead atoms. The third kappa shape index (κ3) is 4.33. The molecule has 3 aromatic rings. The number of ether oxygens (including phenoxy) is 1. The Hall–Kier alpha value is -3.52. The number of nitrogens with two attached hydrogens (primary N) is 2. The molecule has 1 unspecified atom stereocenters. The van der Waals surface area contributed by atoms with E-state index in [1.807, 2.05) is 0 Å². The Morgan fingerprint density at radius 1 is 1.21 bits per heavy atom. The maximum Gasteiger partial charge on any atom is 0.177 e. The van der Waals surface area contributed by atoms with Crippen molar-refractivity contribution < 1.29 is 13.5 Å². The Morgan fingerprint density at radius 3 is 2.50 bits per heavy atom. The molecular formula is C22H17Cl2F2N7O. The van der Waals surface area contributed by atoms with Crippen molar-refractivity contribution in [3.63, 3.8) is 0 Å². The molecule has 1 saturated heterocycles. The molecule has 4 rings (SSSR count). The van der Waals surface area contributed by atoms with Gasteiger partial charge in [-0.25, -0.2) is 13.8 Å². The number of nitrogen functional groups attached to an aromatic ring is 1. The first-order valence-corrected chi connectivity index (χ1v) is 10.7. The van der Waals surface area contributed by atoms with Crippen molar-refractivity contribution in [3.05, 3.63) is 75.2 Å². The van der Waals surface area contributed by atoms with Crippen LogP contribution in [0.3, 0.4) is 0 Å². The summed E-state index contributed by atoms with van der Waals surface area (Å²) in [5.41, 5.74) is 12.0. The fraction of sp³-hybridized carbons (Fsp3) is 0.182. The van der Waals surface area contributed by atoms with E-state index in [4.69, 9.17) is 50.1 Å². The van der Waals surface area contributed by atoms with E-state index in [1.54, 1.807) is 0 Å². The van der Waals surface area contributed by atoms with Crippen LogP contribution in [0, 0.1) is 28.4 Å². The Balaban J connectivity index is 1.62. The van der Waals surface area contributed by atoms with E-state index in [0.29, 0.717) is 13.0 Å². The van der Waals surface area contributed by atoms with Gasteiger partial charge in [-0.3, -0.25) is 16.1 Å². The highest BCUT2D eigenvalue weighted by Crippen LogP contribution is 2.33. The van der Waals surface area contributed by atoms with Crippen LogP contribution in [0.1, 0.15) is 29.3 Å². The standard InChI is InChI=1S/C22H17Cl2F2N7O/c23-13-8-31-9-14(24)19(13)21(30)34-18-4-12(17(28)5-15(18)25)20(29)10-3-16(26)22(32-7-10)33-2-1-11(33)6-27/h3-5,7-9,11,21,29H,1-2,28,30H2/t11?,21-/m0/s1. The van der Waals surface area contributed by atoms with Gasteiger partial charge in [0.15, 0.2) is 29.4 Å². The summed E-state index contributed by atoms with van der Waals surface area (Å²) in [6.07, 6.45) is 3.31. The maximum atomic E-state index is 14.7. The molecule has 12 heteroatoms. The van der Waals surface area contributed by atoms with Gasteiger partial charge < -0.3 is 15.4 Å². The number of aromatic nitrogens is 2. The van der Waals surface area contributed by atoms with E-state index in [1.165, 1.54) is 29.6 Å².